The molecule has 1 saturated heterocycles. The highest BCUT2D eigenvalue weighted by Gasteiger charge is 2.38. The Kier molecular flexibility index (Phi) is 6.71. The lowest BCUT2D eigenvalue weighted by molar-refractivity contribution is -0.133. The number of rotatable bonds is 7. The summed E-state index contributed by atoms with van der Waals surface area (Å²) in [6.07, 6.45) is 0.954. The van der Waals surface area contributed by atoms with Crippen LogP contribution in [0, 0.1) is 17.2 Å². The molecular weight excluding hydrogens is 396 g/mol. The van der Waals surface area contributed by atoms with E-state index in [9.17, 15) is 9.70 Å². The van der Waals surface area contributed by atoms with Gasteiger partial charge in [0.05, 0.1) is 22.1 Å². The topological polar surface area (TPSA) is 74.7 Å². The first-order valence-electron chi connectivity index (χ1n) is 10.2. The molecule has 2 unspecified atom stereocenters. The highest BCUT2D eigenvalue weighted by molar-refractivity contribution is 7.13. The van der Waals surface area contributed by atoms with E-state index in [1.54, 1.807) is 16.2 Å². The number of benzene rings is 1. The van der Waals surface area contributed by atoms with Crippen LogP contribution in [0.1, 0.15) is 44.9 Å². The van der Waals surface area contributed by atoms with Crippen LogP contribution >= 0.6 is 11.3 Å². The monoisotopic (exact) mass is 426 g/mol. The minimum Gasteiger partial charge on any atom is -0.383 e. The molecule has 1 N–H and O–H groups in total. The number of amides is 1. The third-order valence-corrected chi connectivity index (χ3v) is 6.29. The zero-order valence-corrected chi connectivity index (χ0v) is 19.0. The molecule has 0 bridgehead atoms. The highest BCUT2D eigenvalue weighted by Crippen LogP contribution is 2.29. The van der Waals surface area contributed by atoms with Crippen LogP contribution in [0.2, 0.25) is 0 Å². The average molecular weight is 427 g/mol. The van der Waals surface area contributed by atoms with E-state index in [2.05, 4.69) is 46.3 Å². The second kappa shape index (κ2) is 9.08. The van der Waals surface area contributed by atoms with E-state index < -0.39 is 0 Å². The Morgan fingerprint density at radius 2 is 2.03 bits per heavy atom. The molecule has 0 aliphatic carbocycles. The molecule has 1 amide bonds. The summed E-state index contributed by atoms with van der Waals surface area (Å²) in [6, 6.07) is 7.78. The predicted octanol–water partition coefficient (Wildman–Crippen LogP) is 4.89. The quantitative estimate of drug-likeness (QED) is 0.640. The van der Waals surface area contributed by atoms with Gasteiger partial charge < -0.3 is 10.2 Å². The third kappa shape index (κ3) is 5.33. The van der Waals surface area contributed by atoms with E-state index >= 15 is 0 Å². The molecule has 1 aromatic carbocycles. The van der Waals surface area contributed by atoms with Crippen molar-refractivity contribution in [1.29, 1.82) is 0 Å². The molecule has 30 heavy (non-hydrogen) atoms. The van der Waals surface area contributed by atoms with Gasteiger partial charge in [-0.15, -0.1) is 11.3 Å². The summed E-state index contributed by atoms with van der Waals surface area (Å²) in [5, 5.41) is 6.55. The summed E-state index contributed by atoms with van der Waals surface area (Å²) in [7, 11) is 0. The van der Waals surface area contributed by atoms with Crippen molar-refractivity contribution in [3.63, 3.8) is 0 Å². The number of aromatic nitrogens is 1. The molecule has 2 heterocycles. The zero-order chi connectivity index (χ0) is 21.9. The number of hydrogen-bond acceptors (Lipinski definition) is 6. The average Bonchev–Trinajstić information content (AvgIpc) is 3.31. The molecule has 0 radical (unpaired) electrons. The van der Waals surface area contributed by atoms with E-state index in [0.717, 1.165) is 22.5 Å². The molecule has 0 saturated carbocycles. The van der Waals surface area contributed by atoms with Crippen molar-refractivity contribution in [2.75, 3.05) is 6.54 Å². The van der Waals surface area contributed by atoms with E-state index in [1.807, 2.05) is 33.2 Å². The van der Waals surface area contributed by atoms with Crippen LogP contribution < -0.4 is 5.32 Å². The van der Waals surface area contributed by atoms with Crippen LogP contribution in [0.3, 0.4) is 0 Å². The second-order valence-corrected chi connectivity index (χ2v) is 9.99. The normalized spacial score (nSPS) is 19.0. The Balaban J connectivity index is 1.63. The molecule has 7 heteroatoms. The summed E-state index contributed by atoms with van der Waals surface area (Å²) in [4.78, 5) is 31.2. The van der Waals surface area contributed by atoms with Crippen molar-refractivity contribution in [2.24, 2.45) is 10.6 Å². The lowest BCUT2D eigenvalue weighted by Gasteiger charge is -2.29. The maximum atomic E-state index is 12.8. The number of likely N-dealkylation sites (tertiary alicyclic amines) is 1. The number of hydrogen-bond donors (Lipinski definition) is 1. The number of thiazole rings is 1. The number of nitrogens with one attached hydrogen (secondary N) is 1. The van der Waals surface area contributed by atoms with Crippen molar-refractivity contribution in [3.05, 3.63) is 58.2 Å². The summed E-state index contributed by atoms with van der Waals surface area (Å²) in [5.41, 5.74) is 5.83. The smallest absolute Gasteiger partial charge is 0.223 e. The number of carbonyl (C=O) groups is 1. The van der Waals surface area contributed by atoms with Gasteiger partial charge in [0.1, 0.15) is 6.04 Å². The van der Waals surface area contributed by atoms with Crippen molar-refractivity contribution < 1.29 is 4.79 Å². The lowest BCUT2D eigenvalue weighted by Crippen LogP contribution is -2.41. The van der Waals surface area contributed by atoms with Gasteiger partial charge in [-0.25, -0.2) is 4.98 Å². The first-order chi connectivity index (χ1) is 14.2. The van der Waals surface area contributed by atoms with Crippen molar-refractivity contribution in [3.8, 4) is 10.4 Å². The zero-order valence-electron chi connectivity index (χ0n) is 18.1. The van der Waals surface area contributed by atoms with E-state index in [0.29, 0.717) is 25.9 Å². The van der Waals surface area contributed by atoms with E-state index in [-0.39, 0.29) is 23.4 Å². The van der Waals surface area contributed by atoms with Crippen LogP contribution in [0.25, 0.3) is 10.4 Å². The third-order valence-electron chi connectivity index (χ3n) is 5.31. The molecule has 0 spiro atoms. The Hall–Kier alpha value is -2.54. The van der Waals surface area contributed by atoms with Gasteiger partial charge >= 0.3 is 0 Å². The standard InChI is InChI=1S/C23H30N4O2S/c1-15(20-10-19(26-29)13-27(20)21(28)11-23(3,4)5)24-12-17-6-8-18(9-7-17)22-16(2)25-14-30-22/h6-9,14,19-20,24H,1,10-13H2,2-5H3. The molecule has 6 nitrogen and oxygen atoms in total. The second-order valence-electron chi connectivity index (χ2n) is 9.14. The molecule has 1 aliphatic rings. The van der Waals surface area contributed by atoms with Crippen LogP contribution in [0.4, 0.5) is 0 Å². The van der Waals surface area contributed by atoms with E-state index in [1.165, 1.54) is 4.88 Å². The van der Waals surface area contributed by atoms with Crippen LogP contribution in [-0.4, -0.2) is 34.4 Å². The van der Waals surface area contributed by atoms with Gasteiger partial charge in [0, 0.05) is 31.6 Å². The first-order valence-corrected chi connectivity index (χ1v) is 11.1. The van der Waals surface area contributed by atoms with Gasteiger partial charge in [-0.1, -0.05) is 56.8 Å². The SMILES string of the molecule is C=C(NCc1ccc(-c2scnc2C)cc1)C1CC(N=O)CN1C(=O)CC(C)(C)C. The van der Waals surface area contributed by atoms with Gasteiger partial charge in [0.25, 0.3) is 0 Å². The van der Waals surface area contributed by atoms with E-state index in [4.69, 9.17) is 0 Å². The van der Waals surface area contributed by atoms with Crippen LogP contribution in [-0.2, 0) is 11.3 Å². The fraction of sp³-hybridized carbons (Fsp3) is 0.478. The molecule has 3 rings (SSSR count). The highest BCUT2D eigenvalue weighted by atomic mass is 32.1. The Morgan fingerprint density at radius 3 is 2.60 bits per heavy atom. The summed E-state index contributed by atoms with van der Waals surface area (Å²) < 4.78 is 0. The summed E-state index contributed by atoms with van der Waals surface area (Å²) in [6.45, 7) is 13.3. The summed E-state index contributed by atoms with van der Waals surface area (Å²) in [5.74, 6) is 0.0471. The van der Waals surface area contributed by atoms with Crippen molar-refractivity contribution in [2.45, 2.75) is 59.2 Å². The maximum Gasteiger partial charge on any atom is 0.223 e. The summed E-state index contributed by atoms with van der Waals surface area (Å²) >= 11 is 1.64. The van der Waals surface area contributed by atoms with Gasteiger partial charge in [0.2, 0.25) is 5.91 Å². The van der Waals surface area contributed by atoms with Crippen molar-refractivity contribution in [1.82, 2.24) is 15.2 Å². The molecule has 2 atom stereocenters. The van der Waals surface area contributed by atoms with Gasteiger partial charge in [-0.2, -0.15) is 4.91 Å². The predicted molar refractivity (Wildman–Crippen MR) is 122 cm³/mol. The Morgan fingerprint density at radius 1 is 1.33 bits per heavy atom. The molecule has 1 aromatic heterocycles. The molecule has 1 fully saturated rings. The molecule has 160 valence electrons. The van der Waals surface area contributed by atoms with Gasteiger partial charge in [-0.05, 0) is 23.5 Å². The Labute approximate surface area is 182 Å². The van der Waals surface area contributed by atoms with Gasteiger partial charge in [-0.3, -0.25) is 4.79 Å². The van der Waals surface area contributed by atoms with Crippen LogP contribution in [0.5, 0.6) is 0 Å². The minimum atomic E-state index is -0.376. The molecule has 1 aliphatic heterocycles. The number of nitrogens with zero attached hydrogens (tertiary/aromatic N) is 3. The van der Waals surface area contributed by atoms with Crippen LogP contribution in [0.15, 0.2) is 47.2 Å². The molecular formula is C23H30N4O2S. The number of aryl methyl sites for hydroxylation is 1. The first kappa shape index (κ1) is 22.2. The maximum absolute atomic E-state index is 12.8. The fourth-order valence-electron chi connectivity index (χ4n) is 3.74. The minimum absolute atomic E-state index is 0.0471. The van der Waals surface area contributed by atoms with Crippen molar-refractivity contribution >= 4 is 17.2 Å². The largest absolute Gasteiger partial charge is 0.383 e. The Bertz CT molecular complexity index is 914. The fourth-order valence-corrected chi connectivity index (χ4v) is 4.55. The lowest BCUT2D eigenvalue weighted by atomic mass is 9.91. The number of nitroso groups, excluding NO2 is 1. The number of carbonyl (C=O) groups excluding carboxylic acids is 1. The molecule has 2 aromatic rings. The van der Waals surface area contributed by atoms with Gasteiger partial charge in [0.15, 0.2) is 0 Å².